The van der Waals surface area contributed by atoms with Crippen LogP contribution in [0.5, 0.6) is 0 Å². The average molecular weight is 505 g/mol. The molecule has 0 spiro atoms. The van der Waals surface area contributed by atoms with Gasteiger partial charge >= 0.3 is 41.8 Å². The van der Waals surface area contributed by atoms with Gasteiger partial charge in [-0.05, 0) is 13.3 Å². The molecule has 1 N–H and O–H groups in total. The lowest BCUT2D eigenvalue weighted by Gasteiger charge is -2.39. The lowest BCUT2D eigenvalue weighted by molar-refractivity contribution is -0.440. The molecule has 0 saturated heterocycles. The van der Waals surface area contributed by atoms with Gasteiger partial charge in [-0.2, -0.15) is 57.1 Å². The normalized spacial score (nSPS) is 15.6. The van der Waals surface area contributed by atoms with Crippen LogP contribution in [-0.4, -0.2) is 61.0 Å². The highest BCUT2D eigenvalue weighted by atomic mass is 19.4. The van der Waals surface area contributed by atoms with Crippen molar-refractivity contribution in [2.24, 2.45) is 0 Å². The minimum absolute atomic E-state index is 0.0800. The Morgan fingerprint density at radius 1 is 0.781 bits per heavy atom. The van der Waals surface area contributed by atoms with Gasteiger partial charge in [0.05, 0.1) is 6.61 Å². The zero-order valence-electron chi connectivity index (χ0n) is 16.6. The first-order valence-electron chi connectivity index (χ1n) is 9.01. The molecule has 0 saturated carbocycles. The Hall–Kier alpha value is -1.48. The molecule has 0 aromatic heterocycles. The van der Waals surface area contributed by atoms with Crippen molar-refractivity contribution in [1.82, 2.24) is 5.32 Å². The number of unbranched alkanes of at least 4 members (excludes halogenated alkanes) is 1. The summed E-state index contributed by atoms with van der Waals surface area (Å²) in [6.07, 6.45) is -9.17. The molecule has 0 radical (unpaired) electrons. The van der Waals surface area contributed by atoms with E-state index >= 15 is 0 Å². The summed E-state index contributed by atoms with van der Waals surface area (Å²) in [6.45, 7) is 1.44. The Morgan fingerprint density at radius 3 is 1.66 bits per heavy atom. The third kappa shape index (κ3) is 5.71. The van der Waals surface area contributed by atoms with Gasteiger partial charge in [0.25, 0.3) is 0 Å². The summed E-state index contributed by atoms with van der Waals surface area (Å²) in [5.74, 6) is -38.0. The van der Waals surface area contributed by atoms with Crippen LogP contribution in [0.25, 0.3) is 0 Å². The van der Waals surface area contributed by atoms with Crippen molar-refractivity contribution in [2.45, 2.75) is 81.4 Å². The van der Waals surface area contributed by atoms with Crippen LogP contribution in [0.1, 0.15) is 39.5 Å². The molecule has 3 nitrogen and oxygen atoms in total. The van der Waals surface area contributed by atoms with Crippen LogP contribution in [0.3, 0.4) is 0 Å². The highest BCUT2D eigenvalue weighted by Crippen LogP contribution is 2.60. The Labute approximate surface area is 173 Å². The molecular weight excluding hydrogens is 485 g/mol. The number of esters is 1. The topological polar surface area (TPSA) is 38.3 Å². The van der Waals surface area contributed by atoms with E-state index < -0.39 is 60.8 Å². The summed E-state index contributed by atoms with van der Waals surface area (Å²) >= 11 is 0. The fourth-order valence-corrected chi connectivity index (χ4v) is 2.32. The molecular formula is C16H20F13NO2. The zero-order valence-corrected chi connectivity index (χ0v) is 16.6. The molecule has 0 unspecified atom stereocenters. The molecule has 0 amide bonds. The summed E-state index contributed by atoms with van der Waals surface area (Å²) in [4.78, 5) is 11.7. The molecule has 0 heterocycles. The fraction of sp³-hybridized carbons (Fsp3) is 0.938. The highest BCUT2D eigenvalue weighted by molar-refractivity contribution is 5.75. The number of alkyl halides is 13. The van der Waals surface area contributed by atoms with Gasteiger partial charge in [0.1, 0.15) is 6.04 Å². The Bertz CT molecular complexity index is 620. The van der Waals surface area contributed by atoms with E-state index in [9.17, 15) is 61.9 Å². The van der Waals surface area contributed by atoms with Gasteiger partial charge in [-0.25, -0.2) is 0 Å². The molecule has 0 aliphatic rings. The molecule has 1 atom stereocenters. The molecule has 0 aliphatic heterocycles. The number of ether oxygens (including phenoxy) is 1. The lowest BCUT2D eigenvalue weighted by Crippen LogP contribution is -2.70. The molecule has 16 heteroatoms. The van der Waals surface area contributed by atoms with Crippen LogP contribution in [0, 0.1) is 0 Å². The maximum absolute atomic E-state index is 13.7. The quantitative estimate of drug-likeness (QED) is 0.253. The van der Waals surface area contributed by atoms with Crippen LogP contribution in [-0.2, 0) is 9.53 Å². The van der Waals surface area contributed by atoms with E-state index in [1.807, 2.05) is 5.32 Å². The molecule has 0 aliphatic carbocycles. The van der Waals surface area contributed by atoms with Crippen LogP contribution in [0.4, 0.5) is 57.1 Å². The zero-order chi connectivity index (χ0) is 25.8. The Balaban J connectivity index is 5.68. The first kappa shape index (κ1) is 30.5. The molecule has 32 heavy (non-hydrogen) atoms. The van der Waals surface area contributed by atoms with Gasteiger partial charge < -0.3 is 10.1 Å². The Kier molecular flexibility index (Phi) is 9.73. The monoisotopic (exact) mass is 505 g/mol. The van der Waals surface area contributed by atoms with Crippen molar-refractivity contribution < 1.29 is 66.6 Å². The van der Waals surface area contributed by atoms with Crippen LogP contribution in [0.15, 0.2) is 0 Å². The first-order valence-corrected chi connectivity index (χ1v) is 9.01. The van der Waals surface area contributed by atoms with E-state index in [1.165, 1.54) is 6.92 Å². The maximum Gasteiger partial charge on any atom is 0.460 e. The summed E-state index contributed by atoms with van der Waals surface area (Å²) in [5, 5.41) is 1.96. The second kappa shape index (κ2) is 10.2. The smallest absolute Gasteiger partial charge is 0.460 e. The number of carbonyl (C=O) groups excluding carboxylic acids is 1. The van der Waals surface area contributed by atoms with Gasteiger partial charge in [0, 0.05) is 13.0 Å². The van der Waals surface area contributed by atoms with Gasteiger partial charge in [0.2, 0.25) is 0 Å². The van der Waals surface area contributed by atoms with Crippen molar-refractivity contribution in [3.63, 3.8) is 0 Å². The molecule has 0 bridgehead atoms. The van der Waals surface area contributed by atoms with E-state index in [-0.39, 0.29) is 13.0 Å². The number of carbonyl (C=O) groups is 1. The van der Waals surface area contributed by atoms with E-state index in [2.05, 4.69) is 4.74 Å². The van der Waals surface area contributed by atoms with Gasteiger partial charge in [0.15, 0.2) is 0 Å². The van der Waals surface area contributed by atoms with Crippen molar-refractivity contribution >= 4 is 5.97 Å². The molecule has 0 fully saturated rings. The fourth-order valence-electron chi connectivity index (χ4n) is 2.32. The van der Waals surface area contributed by atoms with E-state index in [4.69, 9.17) is 0 Å². The van der Waals surface area contributed by atoms with Crippen LogP contribution in [0.2, 0.25) is 0 Å². The minimum atomic E-state index is -7.92. The summed E-state index contributed by atoms with van der Waals surface area (Å²) < 4.78 is 174. The van der Waals surface area contributed by atoms with Crippen LogP contribution >= 0.6 is 0 Å². The maximum atomic E-state index is 13.7. The predicted octanol–water partition coefficient (Wildman–Crippen LogP) is 5.83. The largest absolute Gasteiger partial charge is 0.465 e. The second-order valence-corrected chi connectivity index (χ2v) is 6.65. The van der Waals surface area contributed by atoms with E-state index in [0.29, 0.717) is 12.8 Å². The summed E-state index contributed by atoms with van der Waals surface area (Å²) in [5.41, 5.74) is 0. The van der Waals surface area contributed by atoms with Crippen molar-refractivity contribution in [3.8, 4) is 0 Å². The van der Waals surface area contributed by atoms with Gasteiger partial charge in [-0.1, -0.05) is 19.8 Å². The second-order valence-electron chi connectivity index (χ2n) is 6.65. The molecule has 192 valence electrons. The number of halogens is 13. The molecule has 0 rings (SSSR count). The van der Waals surface area contributed by atoms with Crippen molar-refractivity contribution in [1.29, 1.82) is 0 Å². The Morgan fingerprint density at radius 2 is 1.25 bits per heavy atom. The number of rotatable bonds is 13. The predicted molar refractivity (Wildman–Crippen MR) is 83.4 cm³/mol. The highest BCUT2D eigenvalue weighted by Gasteiger charge is 2.90. The third-order valence-electron chi connectivity index (χ3n) is 4.25. The summed E-state index contributed by atoms with van der Waals surface area (Å²) in [7, 11) is 0. The number of hydrogen-bond acceptors (Lipinski definition) is 3. The van der Waals surface area contributed by atoms with Crippen LogP contribution < -0.4 is 5.32 Å². The van der Waals surface area contributed by atoms with Crippen molar-refractivity contribution in [2.75, 3.05) is 13.2 Å². The van der Waals surface area contributed by atoms with Gasteiger partial charge in [-0.3, -0.25) is 4.79 Å². The molecule has 0 aromatic carbocycles. The lowest BCUT2D eigenvalue weighted by atomic mass is 9.92. The average Bonchev–Trinajstić information content (AvgIpc) is 2.62. The van der Waals surface area contributed by atoms with E-state index in [0.717, 1.165) is 0 Å². The van der Waals surface area contributed by atoms with Gasteiger partial charge in [-0.15, -0.1) is 0 Å². The number of hydrogen-bond donors (Lipinski definition) is 1. The summed E-state index contributed by atoms with van der Waals surface area (Å²) in [6, 6.07) is -1.38. The SMILES string of the molecule is CCCC[C@H](NCCC(F)(F)C(F)(F)C(F)(F)C(F)(F)C(F)(F)C(F)(F)F)C(=O)OCC. The standard InChI is InChI=1S/C16H20F13NO2/c1-3-5-6-9(10(31)32-4-2)30-8-7-11(17,18)12(19,20)13(21,22)14(23,24)15(25,26)16(27,28)29/h9,30H,3-8H2,1-2H3/t9-/m0/s1. The van der Waals surface area contributed by atoms with Crippen molar-refractivity contribution in [3.05, 3.63) is 0 Å². The van der Waals surface area contributed by atoms with E-state index in [1.54, 1.807) is 6.92 Å². The molecule has 0 aromatic rings. The minimum Gasteiger partial charge on any atom is -0.465 e. The number of nitrogens with one attached hydrogen (secondary N) is 1. The third-order valence-corrected chi connectivity index (χ3v) is 4.25. The first-order chi connectivity index (χ1) is 14.2.